The van der Waals surface area contributed by atoms with Crippen LogP contribution in [0.15, 0.2) is 24.3 Å². The van der Waals surface area contributed by atoms with Crippen molar-refractivity contribution in [2.45, 2.75) is 25.5 Å². The van der Waals surface area contributed by atoms with E-state index in [1.54, 1.807) is 37.1 Å². The summed E-state index contributed by atoms with van der Waals surface area (Å²) in [4.78, 5) is 14.8. The number of aromatic hydroxyl groups is 1. The molecule has 6 nitrogen and oxygen atoms in total. The van der Waals surface area contributed by atoms with Gasteiger partial charge in [0.25, 0.3) is 5.91 Å². The highest BCUT2D eigenvalue weighted by Gasteiger charge is 2.46. The van der Waals surface area contributed by atoms with Crippen molar-refractivity contribution in [2.75, 3.05) is 19.1 Å². The molecular formula is C19H19NO5. The molecule has 6 heteroatoms. The Labute approximate surface area is 145 Å². The summed E-state index contributed by atoms with van der Waals surface area (Å²) >= 11 is 0. The Kier molecular flexibility index (Phi) is 3.40. The number of methoxy groups -OCH3 is 2. The number of aliphatic hydroxyl groups is 1. The molecule has 2 aromatic carbocycles. The number of fused-ring (bicyclic) bond motifs is 5. The minimum Gasteiger partial charge on any atom is -0.507 e. The van der Waals surface area contributed by atoms with E-state index >= 15 is 0 Å². The quantitative estimate of drug-likeness (QED) is 0.878. The number of carbonyl (C=O) groups excluding carboxylic acids is 1. The Morgan fingerprint density at radius 2 is 1.96 bits per heavy atom. The Hall–Kier alpha value is -2.73. The normalized spacial score (nSPS) is 20.8. The number of aliphatic hydroxyl groups excluding tert-OH is 1. The Morgan fingerprint density at radius 1 is 1.20 bits per heavy atom. The zero-order valence-electron chi connectivity index (χ0n) is 14.2. The molecule has 0 saturated carbocycles. The van der Waals surface area contributed by atoms with Gasteiger partial charge in [0.2, 0.25) is 0 Å². The van der Waals surface area contributed by atoms with Gasteiger partial charge in [0.05, 0.1) is 37.6 Å². The third-order valence-corrected chi connectivity index (χ3v) is 5.15. The van der Waals surface area contributed by atoms with E-state index in [0.29, 0.717) is 45.9 Å². The molecule has 2 heterocycles. The molecule has 0 saturated heterocycles. The van der Waals surface area contributed by atoms with Crippen LogP contribution in [0.25, 0.3) is 0 Å². The summed E-state index contributed by atoms with van der Waals surface area (Å²) < 4.78 is 10.5. The Bertz CT molecular complexity index is 892. The molecule has 2 aromatic rings. The molecule has 0 radical (unpaired) electrons. The lowest BCUT2D eigenvalue weighted by Gasteiger charge is -2.35. The predicted octanol–water partition coefficient (Wildman–Crippen LogP) is 2.86. The summed E-state index contributed by atoms with van der Waals surface area (Å²) in [6.45, 7) is 1.80. The summed E-state index contributed by atoms with van der Waals surface area (Å²) in [6.07, 6.45) is -0.426. The van der Waals surface area contributed by atoms with Crippen LogP contribution in [0.5, 0.6) is 17.2 Å². The van der Waals surface area contributed by atoms with Crippen molar-refractivity contribution in [3.8, 4) is 17.2 Å². The molecule has 0 spiro atoms. The van der Waals surface area contributed by atoms with Gasteiger partial charge in [0.1, 0.15) is 17.2 Å². The molecule has 2 aliphatic rings. The number of carbonyl (C=O) groups is 1. The van der Waals surface area contributed by atoms with Crippen molar-refractivity contribution in [2.24, 2.45) is 0 Å². The van der Waals surface area contributed by atoms with E-state index in [-0.39, 0.29) is 11.7 Å². The smallest absolute Gasteiger partial charge is 0.259 e. The number of amides is 1. The first kappa shape index (κ1) is 15.8. The maximum atomic E-state index is 13.1. The maximum Gasteiger partial charge on any atom is 0.259 e. The second-order valence-electron chi connectivity index (χ2n) is 6.38. The summed E-state index contributed by atoms with van der Waals surface area (Å²) in [5.41, 5.74) is 3.00. The standard InChI is InChI=1S/C19H19NO5/c1-9-16(25-3)8-15(22)18-13-7-14(21)11-6-10(24-2)4-5-12(11)20(13)19(23)17(9)18/h4-6,8,13-14,21-22H,7H2,1-3H3/t13-,14+/m1/s1. The van der Waals surface area contributed by atoms with Gasteiger partial charge in [-0.1, -0.05) is 0 Å². The van der Waals surface area contributed by atoms with Gasteiger partial charge < -0.3 is 24.6 Å². The lowest BCUT2D eigenvalue weighted by Crippen LogP contribution is -2.33. The molecule has 0 aromatic heterocycles. The maximum absolute atomic E-state index is 13.1. The minimum absolute atomic E-state index is 0.0162. The fourth-order valence-electron chi connectivity index (χ4n) is 3.96. The fourth-order valence-corrected chi connectivity index (χ4v) is 3.96. The first-order chi connectivity index (χ1) is 12.0. The number of hydrogen-bond acceptors (Lipinski definition) is 5. The number of hydrogen-bond donors (Lipinski definition) is 2. The molecule has 0 aliphatic carbocycles. The van der Waals surface area contributed by atoms with Crippen LogP contribution in [-0.4, -0.2) is 30.3 Å². The lowest BCUT2D eigenvalue weighted by atomic mass is 9.90. The molecule has 2 atom stereocenters. The minimum atomic E-state index is -0.744. The van der Waals surface area contributed by atoms with Gasteiger partial charge >= 0.3 is 0 Å². The molecule has 2 N–H and O–H groups in total. The van der Waals surface area contributed by atoms with Gasteiger partial charge in [-0.25, -0.2) is 0 Å². The molecule has 1 amide bonds. The van der Waals surface area contributed by atoms with Crippen LogP contribution < -0.4 is 14.4 Å². The van der Waals surface area contributed by atoms with Crippen molar-refractivity contribution >= 4 is 11.6 Å². The average Bonchev–Trinajstić information content (AvgIpc) is 2.91. The van der Waals surface area contributed by atoms with Crippen molar-refractivity contribution in [1.29, 1.82) is 0 Å². The number of anilines is 1. The molecule has 2 aliphatic heterocycles. The van der Waals surface area contributed by atoms with Gasteiger partial charge in [0.15, 0.2) is 0 Å². The zero-order valence-corrected chi connectivity index (χ0v) is 14.2. The largest absolute Gasteiger partial charge is 0.507 e. The predicted molar refractivity (Wildman–Crippen MR) is 91.5 cm³/mol. The van der Waals surface area contributed by atoms with Gasteiger partial charge in [-0.2, -0.15) is 0 Å². The molecule has 0 bridgehead atoms. The lowest BCUT2D eigenvalue weighted by molar-refractivity contribution is 0.0967. The summed E-state index contributed by atoms with van der Waals surface area (Å²) in [5.74, 6) is 0.925. The van der Waals surface area contributed by atoms with Crippen molar-refractivity contribution in [1.82, 2.24) is 0 Å². The number of phenolic OH excluding ortho intramolecular Hbond substituents is 1. The Balaban J connectivity index is 1.93. The van der Waals surface area contributed by atoms with E-state index in [1.165, 1.54) is 13.2 Å². The van der Waals surface area contributed by atoms with E-state index in [9.17, 15) is 15.0 Å². The van der Waals surface area contributed by atoms with Crippen LogP contribution in [0.4, 0.5) is 5.69 Å². The second kappa shape index (κ2) is 5.39. The average molecular weight is 341 g/mol. The van der Waals surface area contributed by atoms with Crippen LogP contribution in [-0.2, 0) is 0 Å². The van der Waals surface area contributed by atoms with Crippen LogP contribution in [0.3, 0.4) is 0 Å². The first-order valence-corrected chi connectivity index (χ1v) is 8.08. The van der Waals surface area contributed by atoms with E-state index in [4.69, 9.17) is 9.47 Å². The van der Waals surface area contributed by atoms with Crippen molar-refractivity contribution in [3.63, 3.8) is 0 Å². The van der Waals surface area contributed by atoms with E-state index in [2.05, 4.69) is 0 Å². The van der Waals surface area contributed by atoms with Gasteiger partial charge in [-0.05, 0) is 25.1 Å². The molecular weight excluding hydrogens is 322 g/mol. The van der Waals surface area contributed by atoms with Crippen LogP contribution in [0.2, 0.25) is 0 Å². The summed E-state index contributed by atoms with van der Waals surface area (Å²) in [7, 11) is 3.07. The second-order valence-corrected chi connectivity index (χ2v) is 6.38. The summed E-state index contributed by atoms with van der Waals surface area (Å²) in [6, 6.07) is 6.41. The number of benzene rings is 2. The third kappa shape index (κ3) is 2.04. The summed E-state index contributed by atoms with van der Waals surface area (Å²) in [5, 5.41) is 21.1. The van der Waals surface area contributed by atoms with Crippen LogP contribution in [0.1, 0.15) is 45.6 Å². The number of nitrogens with zero attached hydrogens (tertiary/aromatic N) is 1. The van der Waals surface area contributed by atoms with Gasteiger partial charge in [0, 0.05) is 29.2 Å². The highest BCUT2D eigenvalue weighted by molar-refractivity contribution is 6.13. The van der Waals surface area contributed by atoms with Crippen molar-refractivity contribution < 1.29 is 24.5 Å². The number of ether oxygens (including phenoxy) is 2. The number of phenols is 1. The SMILES string of the molecule is COc1ccc2c(c1)[C@@H](O)C[C@@H]1c3c(O)cc(OC)c(C)c3C(=O)N21. The molecule has 130 valence electrons. The highest BCUT2D eigenvalue weighted by Crippen LogP contribution is 2.53. The van der Waals surface area contributed by atoms with E-state index < -0.39 is 12.1 Å². The van der Waals surface area contributed by atoms with E-state index in [1.807, 2.05) is 0 Å². The third-order valence-electron chi connectivity index (χ3n) is 5.15. The Morgan fingerprint density at radius 3 is 2.64 bits per heavy atom. The highest BCUT2D eigenvalue weighted by atomic mass is 16.5. The first-order valence-electron chi connectivity index (χ1n) is 8.08. The van der Waals surface area contributed by atoms with Crippen LogP contribution in [0, 0.1) is 6.92 Å². The molecule has 0 fully saturated rings. The van der Waals surface area contributed by atoms with Crippen molar-refractivity contribution in [3.05, 3.63) is 46.5 Å². The van der Waals surface area contributed by atoms with Gasteiger partial charge in [-0.15, -0.1) is 0 Å². The topological polar surface area (TPSA) is 79.2 Å². The molecule has 4 rings (SSSR count). The van der Waals surface area contributed by atoms with Gasteiger partial charge in [-0.3, -0.25) is 4.79 Å². The number of rotatable bonds is 2. The monoisotopic (exact) mass is 341 g/mol. The zero-order chi connectivity index (χ0) is 17.9. The van der Waals surface area contributed by atoms with E-state index in [0.717, 1.165) is 0 Å². The van der Waals surface area contributed by atoms with Crippen LogP contribution >= 0.6 is 0 Å². The fraction of sp³-hybridized carbons (Fsp3) is 0.316. The molecule has 0 unspecified atom stereocenters. The molecule has 25 heavy (non-hydrogen) atoms.